The Morgan fingerprint density at radius 3 is 2.84 bits per heavy atom. The van der Waals surface area contributed by atoms with E-state index in [1.807, 2.05) is 37.1 Å². The molecule has 0 radical (unpaired) electrons. The van der Waals surface area contributed by atoms with E-state index >= 15 is 0 Å². The van der Waals surface area contributed by atoms with Crippen LogP contribution in [0.3, 0.4) is 0 Å². The molecule has 0 saturated carbocycles. The number of benzene rings is 1. The Balaban J connectivity index is 2.27. The predicted octanol–water partition coefficient (Wildman–Crippen LogP) is 2.89. The Kier molecular flexibility index (Phi) is 4.12. The van der Waals surface area contributed by atoms with Crippen molar-refractivity contribution < 1.29 is 4.79 Å². The molecule has 0 unspecified atom stereocenters. The summed E-state index contributed by atoms with van der Waals surface area (Å²) in [5.41, 5.74) is 2.66. The molecule has 2 aromatic rings. The van der Waals surface area contributed by atoms with Crippen LogP contribution in [0.4, 0.5) is 5.82 Å². The summed E-state index contributed by atoms with van der Waals surface area (Å²) in [7, 11) is 1.87. The summed E-state index contributed by atoms with van der Waals surface area (Å²) in [6, 6.07) is 8.18. The summed E-state index contributed by atoms with van der Waals surface area (Å²) in [6.45, 7) is 2.69. The zero-order valence-electron chi connectivity index (χ0n) is 10.8. The number of hydrogen-bond donors (Lipinski definition) is 0. The Hall–Kier alpha value is -1.94. The molecule has 0 saturated heterocycles. The number of carbonyl (C=O) groups excluding carboxylic acids is 1. The Morgan fingerprint density at radius 1 is 1.37 bits per heavy atom. The molecule has 98 valence electrons. The first-order chi connectivity index (χ1) is 9.11. The monoisotopic (exact) mass is 275 g/mol. The zero-order valence-corrected chi connectivity index (χ0v) is 11.6. The van der Waals surface area contributed by atoms with Gasteiger partial charge in [0.1, 0.15) is 17.3 Å². The minimum absolute atomic E-state index is 0.177. The average Bonchev–Trinajstić information content (AvgIpc) is 2.38. The van der Waals surface area contributed by atoms with E-state index in [0.29, 0.717) is 24.2 Å². The minimum Gasteiger partial charge on any atom is -0.355 e. The molecule has 4 nitrogen and oxygen atoms in total. The fourth-order valence-corrected chi connectivity index (χ4v) is 2.10. The van der Waals surface area contributed by atoms with E-state index in [2.05, 4.69) is 16.0 Å². The van der Waals surface area contributed by atoms with Gasteiger partial charge in [-0.15, -0.1) is 0 Å². The highest BCUT2D eigenvalue weighted by Gasteiger charge is 2.13. The molecule has 0 aliphatic heterocycles. The molecule has 19 heavy (non-hydrogen) atoms. The maximum atomic E-state index is 11.1. The molecule has 0 aliphatic rings. The zero-order chi connectivity index (χ0) is 13.8. The van der Waals surface area contributed by atoms with Crippen LogP contribution >= 0.6 is 11.6 Å². The van der Waals surface area contributed by atoms with Gasteiger partial charge < -0.3 is 4.90 Å². The first-order valence-electron chi connectivity index (χ1n) is 5.84. The van der Waals surface area contributed by atoms with E-state index in [1.165, 1.54) is 11.9 Å². The van der Waals surface area contributed by atoms with E-state index in [-0.39, 0.29) is 5.15 Å². The molecule has 1 aromatic heterocycles. The number of aromatic nitrogens is 2. The van der Waals surface area contributed by atoms with Crippen molar-refractivity contribution in [1.29, 1.82) is 0 Å². The highest BCUT2D eigenvalue weighted by Crippen LogP contribution is 2.21. The normalized spacial score (nSPS) is 10.3. The van der Waals surface area contributed by atoms with Crippen LogP contribution in [0.25, 0.3) is 0 Å². The fourth-order valence-electron chi connectivity index (χ4n) is 1.93. The van der Waals surface area contributed by atoms with Crippen LogP contribution in [0.15, 0.2) is 30.6 Å². The van der Waals surface area contributed by atoms with Crippen molar-refractivity contribution in [2.24, 2.45) is 0 Å². The van der Waals surface area contributed by atoms with Gasteiger partial charge in [0.15, 0.2) is 6.29 Å². The molecule has 2 rings (SSSR count). The SMILES string of the molecule is Cc1cccc(CN(C)c2ncnc(Cl)c2C=O)c1. The summed E-state index contributed by atoms with van der Waals surface area (Å²) >= 11 is 5.89. The summed E-state index contributed by atoms with van der Waals surface area (Å²) in [5.74, 6) is 0.538. The van der Waals surface area contributed by atoms with Crippen LogP contribution in [-0.4, -0.2) is 23.3 Å². The second-order valence-electron chi connectivity index (χ2n) is 4.36. The molecule has 0 N–H and O–H groups in total. The Labute approximate surface area is 117 Å². The number of halogens is 1. The number of carbonyl (C=O) groups is 1. The molecular formula is C14H14ClN3O. The average molecular weight is 276 g/mol. The predicted molar refractivity (Wildman–Crippen MR) is 75.7 cm³/mol. The van der Waals surface area contributed by atoms with Gasteiger partial charge in [0.25, 0.3) is 0 Å². The number of hydrogen-bond acceptors (Lipinski definition) is 4. The lowest BCUT2D eigenvalue weighted by molar-refractivity contribution is 0.112. The third-order valence-corrected chi connectivity index (χ3v) is 3.10. The standard InChI is InChI=1S/C14H14ClN3O/c1-10-4-3-5-11(6-10)7-18(2)14-12(8-19)13(15)16-9-17-14/h3-6,8-9H,7H2,1-2H3. The highest BCUT2D eigenvalue weighted by molar-refractivity contribution is 6.32. The largest absolute Gasteiger partial charge is 0.355 e. The van der Waals surface area contributed by atoms with E-state index in [4.69, 9.17) is 11.6 Å². The van der Waals surface area contributed by atoms with Crippen LogP contribution in [0.5, 0.6) is 0 Å². The van der Waals surface area contributed by atoms with Crippen molar-refractivity contribution in [1.82, 2.24) is 9.97 Å². The third kappa shape index (κ3) is 3.09. The molecule has 0 amide bonds. The van der Waals surface area contributed by atoms with Gasteiger partial charge in [0, 0.05) is 13.6 Å². The first kappa shape index (κ1) is 13.5. The van der Waals surface area contributed by atoms with Crippen molar-refractivity contribution in [2.45, 2.75) is 13.5 Å². The molecular weight excluding hydrogens is 262 g/mol. The van der Waals surface area contributed by atoms with Gasteiger partial charge in [0.2, 0.25) is 0 Å². The van der Waals surface area contributed by atoms with Gasteiger partial charge in [-0.2, -0.15) is 0 Å². The molecule has 0 aliphatic carbocycles. The number of aldehydes is 1. The lowest BCUT2D eigenvalue weighted by Gasteiger charge is -2.20. The number of nitrogens with zero attached hydrogens (tertiary/aromatic N) is 3. The Bertz CT molecular complexity index is 601. The smallest absolute Gasteiger partial charge is 0.156 e. The molecule has 0 atom stereocenters. The van der Waals surface area contributed by atoms with Crippen molar-refractivity contribution in [3.63, 3.8) is 0 Å². The summed E-state index contributed by atoms with van der Waals surface area (Å²) in [5, 5.41) is 0.177. The topological polar surface area (TPSA) is 46.1 Å². The van der Waals surface area contributed by atoms with Crippen LogP contribution in [0.1, 0.15) is 21.5 Å². The van der Waals surface area contributed by atoms with E-state index in [9.17, 15) is 4.79 Å². The Morgan fingerprint density at radius 2 is 2.16 bits per heavy atom. The van der Waals surface area contributed by atoms with Crippen molar-refractivity contribution in [3.8, 4) is 0 Å². The van der Waals surface area contributed by atoms with E-state index in [0.717, 1.165) is 5.56 Å². The van der Waals surface area contributed by atoms with Gasteiger partial charge >= 0.3 is 0 Å². The van der Waals surface area contributed by atoms with Crippen LogP contribution in [0.2, 0.25) is 5.15 Å². The second kappa shape index (κ2) is 5.80. The van der Waals surface area contributed by atoms with Crippen molar-refractivity contribution >= 4 is 23.7 Å². The van der Waals surface area contributed by atoms with Gasteiger partial charge in [-0.05, 0) is 12.5 Å². The maximum absolute atomic E-state index is 11.1. The third-order valence-electron chi connectivity index (χ3n) is 2.80. The first-order valence-corrected chi connectivity index (χ1v) is 6.22. The lowest BCUT2D eigenvalue weighted by Crippen LogP contribution is -2.19. The number of aryl methyl sites for hydroxylation is 1. The summed E-state index contributed by atoms with van der Waals surface area (Å²) < 4.78 is 0. The molecule has 0 spiro atoms. The van der Waals surface area contributed by atoms with Gasteiger partial charge in [-0.1, -0.05) is 41.4 Å². The quantitative estimate of drug-likeness (QED) is 0.636. The van der Waals surface area contributed by atoms with Gasteiger partial charge in [-0.25, -0.2) is 9.97 Å². The number of rotatable bonds is 4. The highest BCUT2D eigenvalue weighted by atomic mass is 35.5. The maximum Gasteiger partial charge on any atom is 0.156 e. The van der Waals surface area contributed by atoms with Crippen LogP contribution in [-0.2, 0) is 6.54 Å². The summed E-state index contributed by atoms with van der Waals surface area (Å²) in [4.78, 5) is 20.9. The van der Waals surface area contributed by atoms with Crippen molar-refractivity contribution in [2.75, 3.05) is 11.9 Å². The van der Waals surface area contributed by atoms with Gasteiger partial charge in [0.05, 0.1) is 5.56 Å². The molecule has 0 fully saturated rings. The minimum atomic E-state index is 0.177. The van der Waals surface area contributed by atoms with E-state index in [1.54, 1.807) is 0 Å². The molecule has 5 heteroatoms. The number of anilines is 1. The van der Waals surface area contributed by atoms with Crippen LogP contribution < -0.4 is 4.90 Å². The molecule has 1 aromatic carbocycles. The lowest BCUT2D eigenvalue weighted by atomic mass is 10.1. The molecule has 1 heterocycles. The van der Waals surface area contributed by atoms with Crippen LogP contribution in [0, 0.1) is 6.92 Å². The summed E-state index contributed by atoms with van der Waals surface area (Å²) in [6.07, 6.45) is 2.04. The van der Waals surface area contributed by atoms with Gasteiger partial charge in [-0.3, -0.25) is 4.79 Å². The fraction of sp³-hybridized carbons (Fsp3) is 0.214. The molecule has 0 bridgehead atoms. The van der Waals surface area contributed by atoms with Crippen molar-refractivity contribution in [3.05, 3.63) is 52.4 Å². The van der Waals surface area contributed by atoms with E-state index < -0.39 is 0 Å². The second-order valence-corrected chi connectivity index (χ2v) is 4.72.